The molecule has 1 aliphatic rings. The first-order chi connectivity index (χ1) is 17.5. The fourth-order valence-corrected chi connectivity index (χ4v) is 5.02. The topological polar surface area (TPSA) is 107 Å². The average Bonchev–Trinajstić information content (AvgIpc) is 3.30. The SMILES string of the molecule is NCCC(=O)N1Cc2ccccc2-c2nnn(-c3cc4cc(Br)ccc4oc3=O)c2-c2ccccc21. The number of hydrogen-bond donors (Lipinski definition) is 1. The number of halogens is 1. The zero-order valence-electron chi connectivity index (χ0n) is 19.0. The lowest BCUT2D eigenvalue weighted by Gasteiger charge is -2.28. The van der Waals surface area contributed by atoms with Crippen molar-refractivity contribution in [3.8, 4) is 28.2 Å². The first-order valence-corrected chi connectivity index (χ1v) is 12.2. The van der Waals surface area contributed by atoms with E-state index in [0.29, 0.717) is 29.2 Å². The fourth-order valence-electron chi connectivity index (χ4n) is 4.64. The number of carbonyl (C=O) groups excluding carboxylic acids is 1. The van der Waals surface area contributed by atoms with Crippen molar-refractivity contribution in [3.05, 3.63) is 93.3 Å². The van der Waals surface area contributed by atoms with Crippen molar-refractivity contribution in [1.29, 1.82) is 0 Å². The van der Waals surface area contributed by atoms with Crippen LogP contribution in [0, 0.1) is 0 Å². The summed E-state index contributed by atoms with van der Waals surface area (Å²) in [6.45, 7) is 0.613. The maximum atomic E-state index is 13.2. The first kappa shape index (κ1) is 22.4. The van der Waals surface area contributed by atoms with E-state index in [4.69, 9.17) is 10.2 Å². The second-order valence-corrected chi connectivity index (χ2v) is 9.41. The Morgan fingerprint density at radius 1 is 1.00 bits per heavy atom. The summed E-state index contributed by atoms with van der Waals surface area (Å²) < 4.78 is 7.99. The maximum absolute atomic E-state index is 13.2. The van der Waals surface area contributed by atoms with Crippen LogP contribution in [0.25, 0.3) is 39.2 Å². The lowest BCUT2D eigenvalue weighted by Crippen LogP contribution is -2.33. The van der Waals surface area contributed by atoms with Crippen LogP contribution in [0.2, 0.25) is 0 Å². The normalized spacial score (nSPS) is 12.4. The molecule has 5 aromatic rings. The Hall–Kier alpha value is -4.08. The van der Waals surface area contributed by atoms with Crippen molar-refractivity contribution in [2.24, 2.45) is 5.73 Å². The molecule has 3 aromatic carbocycles. The molecular weight excluding hydrogens is 522 g/mol. The van der Waals surface area contributed by atoms with Gasteiger partial charge in [0.1, 0.15) is 17.0 Å². The van der Waals surface area contributed by atoms with Gasteiger partial charge in [0.25, 0.3) is 0 Å². The number of aromatic nitrogens is 3. The van der Waals surface area contributed by atoms with E-state index in [0.717, 1.165) is 26.5 Å². The highest BCUT2D eigenvalue weighted by molar-refractivity contribution is 9.10. The summed E-state index contributed by atoms with van der Waals surface area (Å²) in [5, 5.41) is 9.68. The molecule has 0 saturated carbocycles. The second kappa shape index (κ2) is 8.85. The van der Waals surface area contributed by atoms with E-state index in [1.807, 2.05) is 60.7 Å². The molecule has 2 aromatic heterocycles. The van der Waals surface area contributed by atoms with Crippen molar-refractivity contribution in [2.45, 2.75) is 13.0 Å². The molecule has 0 radical (unpaired) electrons. The number of nitrogens with two attached hydrogens (primary N) is 1. The maximum Gasteiger partial charge on any atom is 0.362 e. The third-order valence-electron chi connectivity index (χ3n) is 6.28. The molecule has 1 amide bonds. The number of anilines is 1. The van der Waals surface area contributed by atoms with E-state index < -0.39 is 5.63 Å². The summed E-state index contributed by atoms with van der Waals surface area (Å²) in [6, 6.07) is 22.5. The highest BCUT2D eigenvalue weighted by Gasteiger charge is 2.30. The van der Waals surface area contributed by atoms with Crippen LogP contribution in [0.5, 0.6) is 0 Å². The van der Waals surface area contributed by atoms with Gasteiger partial charge < -0.3 is 15.1 Å². The molecule has 178 valence electrons. The summed E-state index contributed by atoms with van der Waals surface area (Å²) in [7, 11) is 0. The number of rotatable bonds is 3. The van der Waals surface area contributed by atoms with Crippen molar-refractivity contribution in [1.82, 2.24) is 15.0 Å². The molecule has 0 unspecified atom stereocenters. The molecule has 0 atom stereocenters. The van der Waals surface area contributed by atoms with Gasteiger partial charge in [0.05, 0.1) is 12.2 Å². The van der Waals surface area contributed by atoms with Crippen LogP contribution in [0.15, 0.2) is 86.5 Å². The average molecular weight is 542 g/mol. The zero-order valence-corrected chi connectivity index (χ0v) is 20.6. The van der Waals surface area contributed by atoms with Gasteiger partial charge in [0.2, 0.25) is 5.91 Å². The highest BCUT2D eigenvalue weighted by atomic mass is 79.9. The van der Waals surface area contributed by atoms with Gasteiger partial charge in [-0.25, -0.2) is 9.48 Å². The predicted molar refractivity (Wildman–Crippen MR) is 141 cm³/mol. The molecule has 0 saturated heterocycles. The van der Waals surface area contributed by atoms with E-state index in [2.05, 4.69) is 26.2 Å². The summed E-state index contributed by atoms with van der Waals surface area (Å²) in [5.74, 6) is -0.0858. The first-order valence-electron chi connectivity index (χ1n) is 11.4. The van der Waals surface area contributed by atoms with Gasteiger partial charge in [0.15, 0.2) is 5.69 Å². The van der Waals surface area contributed by atoms with E-state index >= 15 is 0 Å². The zero-order chi connectivity index (χ0) is 24.8. The summed E-state index contributed by atoms with van der Waals surface area (Å²) >= 11 is 3.47. The van der Waals surface area contributed by atoms with Crippen LogP contribution < -0.4 is 16.3 Å². The molecule has 2 N–H and O–H groups in total. The largest absolute Gasteiger partial charge is 0.421 e. The quantitative estimate of drug-likeness (QED) is 0.332. The Labute approximate surface area is 214 Å². The van der Waals surface area contributed by atoms with Crippen molar-refractivity contribution in [2.75, 3.05) is 11.4 Å². The minimum Gasteiger partial charge on any atom is -0.421 e. The van der Waals surface area contributed by atoms with E-state index in [1.54, 1.807) is 17.0 Å². The van der Waals surface area contributed by atoms with Gasteiger partial charge in [0, 0.05) is 34.0 Å². The third kappa shape index (κ3) is 3.64. The summed E-state index contributed by atoms with van der Waals surface area (Å²) in [6.07, 6.45) is 0.212. The number of nitrogens with zero attached hydrogens (tertiary/aromatic N) is 4. The van der Waals surface area contributed by atoms with Crippen LogP contribution in [0.4, 0.5) is 5.69 Å². The van der Waals surface area contributed by atoms with Gasteiger partial charge in [-0.3, -0.25) is 4.79 Å². The lowest BCUT2D eigenvalue weighted by molar-refractivity contribution is -0.118. The smallest absolute Gasteiger partial charge is 0.362 e. The van der Waals surface area contributed by atoms with Crippen molar-refractivity contribution < 1.29 is 9.21 Å². The standard InChI is InChI=1S/C27H20BrN5O3/c28-18-9-10-23-17(13-18)14-22(27(35)36-23)33-26-20-7-3-4-8-21(20)32(24(34)11-12-29)15-16-5-1-2-6-19(16)25(26)30-31-33/h1-10,13-14H,11-12,15,29H2. The minimum atomic E-state index is -0.540. The van der Waals surface area contributed by atoms with Crippen LogP contribution in [-0.2, 0) is 11.3 Å². The molecule has 9 heteroatoms. The monoisotopic (exact) mass is 541 g/mol. The van der Waals surface area contributed by atoms with Crippen LogP contribution >= 0.6 is 15.9 Å². The fraction of sp³-hybridized carbons (Fsp3) is 0.111. The number of para-hydroxylation sites is 1. The van der Waals surface area contributed by atoms with E-state index in [1.165, 1.54) is 4.68 Å². The lowest BCUT2D eigenvalue weighted by atomic mass is 9.95. The summed E-state index contributed by atoms with van der Waals surface area (Å²) in [5.41, 5.74) is 10.3. The molecule has 8 nitrogen and oxygen atoms in total. The number of amides is 1. The predicted octanol–water partition coefficient (Wildman–Crippen LogP) is 4.67. The van der Waals surface area contributed by atoms with Gasteiger partial charge in [-0.15, -0.1) is 5.10 Å². The minimum absolute atomic E-state index is 0.0858. The van der Waals surface area contributed by atoms with Crippen molar-refractivity contribution in [3.63, 3.8) is 0 Å². The Morgan fingerprint density at radius 3 is 2.61 bits per heavy atom. The third-order valence-corrected chi connectivity index (χ3v) is 6.78. The Balaban J connectivity index is 1.67. The number of fused-ring (bicyclic) bond motifs is 6. The number of benzene rings is 3. The molecule has 0 fully saturated rings. The van der Waals surface area contributed by atoms with Crippen LogP contribution in [0.1, 0.15) is 12.0 Å². The van der Waals surface area contributed by atoms with Gasteiger partial charge >= 0.3 is 5.63 Å². The second-order valence-electron chi connectivity index (χ2n) is 8.49. The van der Waals surface area contributed by atoms with E-state index in [-0.39, 0.29) is 24.6 Å². The molecule has 36 heavy (non-hydrogen) atoms. The molecule has 0 spiro atoms. The van der Waals surface area contributed by atoms with Crippen LogP contribution in [-0.4, -0.2) is 27.4 Å². The molecule has 3 heterocycles. The van der Waals surface area contributed by atoms with Gasteiger partial charge in [-0.1, -0.05) is 63.6 Å². The van der Waals surface area contributed by atoms with Crippen molar-refractivity contribution >= 4 is 38.5 Å². The Kier molecular flexibility index (Phi) is 5.50. The number of carbonyl (C=O) groups is 1. The van der Waals surface area contributed by atoms with Gasteiger partial charge in [-0.2, -0.15) is 0 Å². The van der Waals surface area contributed by atoms with E-state index in [9.17, 15) is 9.59 Å². The summed E-state index contributed by atoms with van der Waals surface area (Å²) in [4.78, 5) is 28.1. The van der Waals surface area contributed by atoms with Crippen LogP contribution in [0.3, 0.4) is 0 Å². The molecule has 0 aliphatic carbocycles. The molecule has 6 rings (SSSR count). The molecule has 0 bridgehead atoms. The number of hydrogen-bond acceptors (Lipinski definition) is 6. The molecular formula is C27H20BrN5O3. The Morgan fingerprint density at radius 2 is 1.78 bits per heavy atom. The molecule has 1 aliphatic heterocycles. The van der Waals surface area contributed by atoms with Gasteiger partial charge in [-0.05, 0) is 35.9 Å². The Bertz CT molecular complexity index is 1710. The highest BCUT2D eigenvalue weighted by Crippen LogP contribution is 2.42.